The average Bonchev–Trinajstić information content (AvgIpc) is 3.30. The number of alkyl halides is 1. The SMILES string of the molecule is [B]n1nnc(C2=C(CCl)CS(=O)[C@@H]3[C@H](CC(=O)Cc4cccs4)C(=O)N23)n1. The third kappa shape index (κ3) is 3.28. The van der Waals surface area contributed by atoms with Crippen LogP contribution in [0.2, 0.25) is 0 Å². The molecule has 1 saturated heterocycles. The van der Waals surface area contributed by atoms with Crippen LogP contribution in [-0.2, 0) is 26.8 Å². The maximum Gasteiger partial charge on any atom is 0.298 e. The zero-order valence-electron chi connectivity index (χ0n) is 13.9. The van der Waals surface area contributed by atoms with Gasteiger partial charge in [0.25, 0.3) is 7.98 Å². The quantitative estimate of drug-likeness (QED) is 0.379. The molecule has 0 bridgehead atoms. The Hall–Kier alpha value is -1.85. The third-order valence-corrected chi connectivity index (χ3v) is 7.43. The van der Waals surface area contributed by atoms with E-state index in [4.69, 9.17) is 19.6 Å². The molecule has 27 heavy (non-hydrogen) atoms. The molecule has 2 aromatic rings. The van der Waals surface area contributed by atoms with E-state index >= 15 is 0 Å². The van der Waals surface area contributed by atoms with Crippen LogP contribution in [0.1, 0.15) is 17.1 Å². The number of thiophene rings is 1. The van der Waals surface area contributed by atoms with Crippen molar-refractivity contribution in [2.45, 2.75) is 18.2 Å². The van der Waals surface area contributed by atoms with Gasteiger partial charge >= 0.3 is 0 Å². The lowest BCUT2D eigenvalue weighted by Crippen LogP contribution is -2.64. The minimum Gasteiger partial charge on any atom is -0.299 e. The van der Waals surface area contributed by atoms with Crippen LogP contribution in [0, 0.1) is 5.92 Å². The molecule has 0 spiro atoms. The molecule has 1 unspecified atom stereocenters. The van der Waals surface area contributed by atoms with Gasteiger partial charge < -0.3 is 0 Å². The molecule has 1 fully saturated rings. The summed E-state index contributed by atoms with van der Waals surface area (Å²) in [6.45, 7) is 0. The number of tetrazole rings is 1. The highest BCUT2D eigenvalue weighted by Crippen LogP contribution is 2.43. The molecule has 138 valence electrons. The highest BCUT2D eigenvalue weighted by Gasteiger charge is 2.56. The molecule has 0 aromatic carbocycles. The van der Waals surface area contributed by atoms with Crippen molar-refractivity contribution in [3.8, 4) is 0 Å². The normalized spacial score (nSPS) is 24.7. The van der Waals surface area contributed by atoms with E-state index in [0.717, 1.165) is 9.58 Å². The summed E-state index contributed by atoms with van der Waals surface area (Å²) in [5, 5.41) is 12.7. The third-order valence-electron chi connectivity index (χ3n) is 4.52. The lowest BCUT2D eigenvalue weighted by molar-refractivity contribution is -0.147. The number of Topliss-reactive ketones (excluding diaryl/α,β-unsaturated/α-hetero) is 1. The van der Waals surface area contributed by atoms with Crippen molar-refractivity contribution in [3.63, 3.8) is 0 Å². The minimum absolute atomic E-state index is 0.0489. The number of halogens is 1. The zero-order valence-corrected chi connectivity index (χ0v) is 16.3. The Labute approximate surface area is 167 Å². The summed E-state index contributed by atoms with van der Waals surface area (Å²) < 4.78 is 13.5. The van der Waals surface area contributed by atoms with Gasteiger partial charge in [-0.25, -0.2) is 4.71 Å². The Morgan fingerprint density at radius 2 is 2.30 bits per heavy atom. The summed E-state index contributed by atoms with van der Waals surface area (Å²) >= 11 is 7.48. The Morgan fingerprint density at radius 3 is 2.93 bits per heavy atom. The zero-order chi connectivity index (χ0) is 19.1. The van der Waals surface area contributed by atoms with Crippen molar-refractivity contribution < 1.29 is 13.8 Å². The van der Waals surface area contributed by atoms with Crippen molar-refractivity contribution in [3.05, 3.63) is 33.8 Å². The van der Waals surface area contributed by atoms with Crippen LogP contribution >= 0.6 is 22.9 Å². The predicted molar refractivity (Wildman–Crippen MR) is 101 cm³/mol. The number of amides is 1. The van der Waals surface area contributed by atoms with Gasteiger partial charge in [0.15, 0.2) is 0 Å². The van der Waals surface area contributed by atoms with E-state index in [0.29, 0.717) is 11.3 Å². The van der Waals surface area contributed by atoms with E-state index in [1.54, 1.807) is 0 Å². The van der Waals surface area contributed by atoms with E-state index in [9.17, 15) is 13.8 Å². The first kappa shape index (κ1) is 18.5. The van der Waals surface area contributed by atoms with Crippen molar-refractivity contribution >= 4 is 59.1 Å². The smallest absolute Gasteiger partial charge is 0.298 e. The molecule has 2 aliphatic rings. The maximum absolute atomic E-state index is 12.8. The number of carbonyl (C=O) groups excluding carboxylic acids is 2. The van der Waals surface area contributed by atoms with E-state index in [1.165, 1.54) is 16.2 Å². The number of fused-ring (bicyclic) bond motifs is 1. The summed E-state index contributed by atoms with van der Waals surface area (Å²) in [6, 6.07) is 3.76. The van der Waals surface area contributed by atoms with Crippen molar-refractivity contribution in [2.24, 2.45) is 5.92 Å². The molecule has 1 amide bonds. The van der Waals surface area contributed by atoms with E-state index in [1.807, 2.05) is 17.5 Å². The molecule has 0 saturated carbocycles. The fourth-order valence-electron chi connectivity index (χ4n) is 3.36. The largest absolute Gasteiger partial charge is 0.299 e. The van der Waals surface area contributed by atoms with Gasteiger partial charge in [0.1, 0.15) is 11.2 Å². The van der Waals surface area contributed by atoms with Gasteiger partial charge in [0, 0.05) is 34.4 Å². The van der Waals surface area contributed by atoms with Crippen molar-refractivity contribution in [1.82, 2.24) is 25.0 Å². The number of nitrogens with zero attached hydrogens (tertiary/aromatic N) is 5. The highest BCUT2D eigenvalue weighted by molar-refractivity contribution is 7.86. The molecule has 8 nitrogen and oxygen atoms in total. The van der Waals surface area contributed by atoms with Gasteiger partial charge in [-0.05, 0) is 17.0 Å². The van der Waals surface area contributed by atoms with Crippen LogP contribution in [0.4, 0.5) is 0 Å². The van der Waals surface area contributed by atoms with Crippen LogP contribution in [0.25, 0.3) is 5.70 Å². The summed E-state index contributed by atoms with van der Waals surface area (Å²) in [6.07, 6.45) is 0.337. The fraction of sp³-hybridized carbons (Fsp3) is 0.400. The second kappa shape index (κ2) is 7.29. The van der Waals surface area contributed by atoms with Crippen LogP contribution in [0.5, 0.6) is 0 Å². The lowest BCUT2D eigenvalue weighted by atomic mass is 9.89. The van der Waals surface area contributed by atoms with Crippen LogP contribution in [0.15, 0.2) is 23.1 Å². The van der Waals surface area contributed by atoms with Crippen LogP contribution in [0.3, 0.4) is 0 Å². The molecular weight excluding hydrogens is 409 g/mol. The molecule has 0 N–H and O–H groups in total. The molecule has 0 aliphatic carbocycles. The molecule has 2 radical (unpaired) electrons. The summed E-state index contributed by atoms with van der Waals surface area (Å²) in [7, 11) is 4.11. The topological polar surface area (TPSA) is 98.0 Å². The van der Waals surface area contributed by atoms with Gasteiger partial charge in [0.05, 0.1) is 17.4 Å². The first-order chi connectivity index (χ1) is 13.0. The van der Waals surface area contributed by atoms with Crippen LogP contribution in [-0.4, -0.2) is 65.9 Å². The minimum atomic E-state index is -1.35. The van der Waals surface area contributed by atoms with Gasteiger partial charge in [0.2, 0.25) is 11.7 Å². The number of ketones is 1. The fourth-order valence-corrected chi connectivity index (χ4v) is 6.20. The van der Waals surface area contributed by atoms with Crippen LogP contribution < -0.4 is 0 Å². The van der Waals surface area contributed by atoms with E-state index in [2.05, 4.69) is 15.4 Å². The number of hydrogen-bond acceptors (Lipinski definition) is 7. The van der Waals surface area contributed by atoms with E-state index < -0.39 is 22.1 Å². The molecule has 2 aliphatic heterocycles. The highest BCUT2D eigenvalue weighted by atomic mass is 35.5. The van der Waals surface area contributed by atoms with Crippen molar-refractivity contribution in [1.29, 1.82) is 0 Å². The molecule has 3 atom stereocenters. The molecular formula is C15H13BClN5O3S2. The standard InChI is InChI=1S/C15H13BClN5O3S2/c16-22-19-13(18-20-22)12-8(6-17)7-27(25)15-11(14(24)21(12)15)5-9(23)4-10-2-1-3-26-10/h1-3,11,15H,4-7H2/t11-,15-,27?/m1/s1. The first-order valence-corrected chi connectivity index (χ1v) is 10.9. The van der Waals surface area contributed by atoms with Gasteiger partial charge in [-0.1, -0.05) is 11.3 Å². The van der Waals surface area contributed by atoms with Gasteiger partial charge in [-0.2, -0.15) is 0 Å². The molecule has 2 aromatic heterocycles. The Morgan fingerprint density at radius 1 is 1.48 bits per heavy atom. The van der Waals surface area contributed by atoms with E-state index in [-0.39, 0.29) is 42.0 Å². The predicted octanol–water partition coefficient (Wildman–Crippen LogP) is 0.365. The molecule has 4 heterocycles. The second-order valence-corrected chi connectivity index (χ2v) is 9.08. The molecule has 12 heteroatoms. The second-order valence-electron chi connectivity index (χ2n) is 6.25. The number of carbonyl (C=O) groups is 2. The number of hydrogen-bond donors (Lipinski definition) is 0. The average molecular weight is 422 g/mol. The maximum atomic E-state index is 12.8. The number of rotatable bonds is 6. The monoisotopic (exact) mass is 421 g/mol. The summed E-state index contributed by atoms with van der Waals surface area (Å²) in [5.41, 5.74) is 0.995. The first-order valence-electron chi connectivity index (χ1n) is 8.07. The van der Waals surface area contributed by atoms with Gasteiger partial charge in [-0.3, -0.25) is 18.7 Å². The van der Waals surface area contributed by atoms with Crippen molar-refractivity contribution in [2.75, 3.05) is 11.6 Å². The number of β-lactam (4-membered cyclic amide) rings is 1. The summed E-state index contributed by atoms with van der Waals surface area (Å²) in [5.74, 6) is -0.504. The lowest BCUT2D eigenvalue weighted by Gasteiger charge is -2.49. The Bertz CT molecular complexity index is 961. The Balaban J connectivity index is 1.57. The Kier molecular flexibility index (Phi) is 5.00. The summed E-state index contributed by atoms with van der Waals surface area (Å²) in [4.78, 5) is 27.5. The number of aromatic nitrogens is 4. The molecule has 4 rings (SSSR count). The van der Waals surface area contributed by atoms with Gasteiger partial charge in [-0.15, -0.1) is 33.1 Å².